The van der Waals surface area contributed by atoms with Gasteiger partial charge >= 0.3 is 0 Å². The fraction of sp³-hybridized carbons (Fsp3) is 0. The van der Waals surface area contributed by atoms with E-state index in [2.05, 4.69) is 0 Å². The zero-order chi connectivity index (χ0) is 13.1. The average molecular weight is 318 g/mol. The first-order valence-electron chi connectivity index (χ1n) is 4.99. The first-order valence-corrected chi connectivity index (χ1v) is 6.94. The summed E-state index contributed by atoms with van der Waals surface area (Å²) in [6.45, 7) is 0. The van der Waals surface area contributed by atoms with Crippen LogP contribution in [-0.2, 0) is 0 Å². The zero-order valence-corrected chi connectivity index (χ0v) is 12.1. The first-order chi connectivity index (χ1) is 8.56. The summed E-state index contributed by atoms with van der Waals surface area (Å²) in [7, 11) is 0. The maximum Gasteiger partial charge on any atom is 0.195 e. The zero-order valence-electron chi connectivity index (χ0n) is 8.99. The van der Waals surface area contributed by atoms with Gasteiger partial charge in [-0.15, -0.1) is 11.3 Å². The number of ketones is 1. The van der Waals surface area contributed by atoms with E-state index in [-0.39, 0.29) is 5.78 Å². The lowest BCUT2D eigenvalue weighted by Gasteiger charge is -1.98. The molecule has 0 saturated carbocycles. The molecule has 0 fully saturated rings. The Kier molecular flexibility index (Phi) is 4.46. The standard InChI is InChI=1S/C13H7Cl3OS/c14-9-3-1-8(10(15)7-9)2-4-11(17)12-5-6-13(16)18-12/h1-7H. The fourth-order valence-corrected chi connectivity index (χ4v) is 2.77. The minimum Gasteiger partial charge on any atom is -0.288 e. The van der Waals surface area contributed by atoms with E-state index in [0.29, 0.717) is 19.3 Å². The topological polar surface area (TPSA) is 17.1 Å². The van der Waals surface area contributed by atoms with Gasteiger partial charge in [-0.3, -0.25) is 4.79 Å². The Balaban J connectivity index is 2.18. The molecule has 0 aliphatic rings. The van der Waals surface area contributed by atoms with Crippen molar-refractivity contribution in [2.45, 2.75) is 0 Å². The molecule has 0 spiro atoms. The maximum atomic E-state index is 11.8. The normalized spacial score (nSPS) is 11.1. The summed E-state index contributed by atoms with van der Waals surface area (Å²) in [6, 6.07) is 8.51. The first kappa shape index (κ1) is 13.6. The molecule has 92 valence electrons. The molecule has 0 atom stereocenters. The van der Waals surface area contributed by atoms with Crippen LogP contribution in [0.3, 0.4) is 0 Å². The number of rotatable bonds is 3. The molecule has 0 radical (unpaired) electrons. The monoisotopic (exact) mass is 316 g/mol. The predicted octanol–water partition coefficient (Wildman–Crippen LogP) is 5.60. The highest BCUT2D eigenvalue weighted by molar-refractivity contribution is 7.18. The van der Waals surface area contributed by atoms with Crippen molar-refractivity contribution in [1.29, 1.82) is 0 Å². The van der Waals surface area contributed by atoms with E-state index in [0.717, 1.165) is 5.56 Å². The van der Waals surface area contributed by atoms with Gasteiger partial charge in [0.15, 0.2) is 5.78 Å². The van der Waals surface area contributed by atoms with Gasteiger partial charge in [-0.25, -0.2) is 0 Å². The SMILES string of the molecule is O=C(C=Cc1ccc(Cl)cc1Cl)c1ccc(Cl)s1. The number of halogens is 3. The number of thiophene rings is 1. The molecular weight excluding hydrogens is 311 g/mol. The quantitative estimate of drug-likeness (QED) is 0.531. The molecule has 1 heterocycles. The number of hydrogen-bond donors (Lipinski definition) is 0. The van der Waals surface area contributed by atoms with Gasteiger partial charge in [0.2, 0.25) is 0 Å². The molecule has 5 heteroatoms. The Labute approximate surface area is 124 Å². The van der Waals surface area contributed by atoms with Crippen LogP contribution >= 0.6 is 46.1 Å². The molecule has 2 aromatic rings. The molecule has 0 aliphatic carbocycles. The molecule has 0 saturated heterocycles. The van der Waals surface area contributed by atoms with E-state index in [1.807, 2.05) is 0 Å². The van der Waals surface area contributed by atoms with Crippen LogP contribution in [0.5, 0.6) is 0 Å². The van der Waals surface area contributed by atoms with Crippen LogP contribution in [0.4, 0.5) is 0 Å². The number of hydrogen-bond acceptors (Lipinski definition) is 2. The van der Waals surface area contributed by atoms with Crippen LogP contribution in [0.25, 0.3) is 6.08 Å². The summed E-state index contributed by atoms with van der Waals surface area (Å²) >= 11 is 18.8. The second-order valence-corrected chi connectivity index (χ2v) is 6.03. The van der Waals surface area contributed by atoms with Crippen LogP contribution in [0.2, 0.25) is 14.4 Å². The van der Waals surface area contributed by atoms with Crippen LogP contribution in [0.1, 0.15) is 15.2 Å². The van der Waals surface area contributed by atoms with E-state index in [4.69, 9.17) is 34.8 Å². The lowest BCUT2D eigenvalue weighted by molar-refractivity contribution is 0.105. The van der Waals surface area contributed by atoms with E-state index in [9.17, 15) is 4.79 Å². The van der Waals surface area contributed by atoms with Crippen molar-refractivity contribution < 1.29 is 4.79 Å². The van der Waals surface area contributed by atoms with E-state index < -0.39 is 0 Å². The Morgan fingerprint density at radius 2 is 1.89 bits per heavy atom. The van der Waals surface area contributed by atoms with Crippen molar-refractivity contribution in [2.24, 2.45) is 0 Å². The lowest BCUT2D eigenvalue weighted by atomic mass is 10.2. The fourth-order valence-electron chi connectivity index (χ4n) is 1.33. The summed E-state index contributed by atoms with van der Waals surface area (Å²) in [5, 5.41) is 1.07. The highest BCUT2D eigenvalue weighted by Crippen LogP contribution is 2.24. The molecule has 1 aromatic carbocycles. The smallest absolute Gasteiger partial charge is 0.195 e. The molecule has 1 nitrogen and oxygen atoms in total. The van der Waals surface area contributed by atoms with Gasteiger partial charge in [-0.2, -0.15) is 0 Å². The molecule has 18 heavy (non-hydrogen) atoms. The van der Waals surface area contributed by atoms with Crippen LogP contribution < -0.4 is 0 Å². The van der Waals surface area contributed by atoms with Crippen LogP contribution in [0, 0.1) is 0 Å². The number of carbonyl (C=O) groups is 1. The molecule has 2 rings (SSSR count). The van der Waals surface area contributed by atoms with Crippen molar-refractivity contribution in [3.8, 4) is 0 Å². The van der Waals surface area contributed by atoms with Gasteiger partial charge in [-0.1, -0.05) is 40.9 Å². The van der Waals surface area contributed by atoms with Crippen molar-refractivity contribution in [3.63, 3.8) is 0 Å². The number of allylic oxidation sites excluding steroid dienone is 1. The minimum atomic E-state index is -0.0992. The largest absolute Gasteiger partial charge is 0.288 e. The average Bonchev–Trinajstić information content (AvgIpc) is 2.74. The minimum absolute atomic E-state index is 0.0992. The third-order valence-corrected chi connectivity index (χ3v) is 4.00. The predicted molar refractivity (Wildman–Crippen MR) is 79.2 cm³/mol. The van der Waals surface area contributed by atoms with Gasteiger partial charge in [0.1, 0.15) is 0 Å². The van der Waals surface area contributed by atoms with Gasteiger partial charge in [0.05, 0.1) is 9.21 Å². The lowest BCUT2D eigenvalue weighted by Crippen LogP contribution is -1.88. The van der Waals surface area contributed by atoms with Gasteiger partial charge in [-0.05, 0) is 42.0 Å². The van der Waals surface area contributed by atoms with E-state index >= 15 is 0 Å². The highest BCUT2D eigenvalue weighted by Gasteiger charge is 2.05. The molecule has 0 bridgehead atoms. The van der Waals surface area contributed by atoms with E-state index in [1.54, 1.807) is 36.4 Å². The summed E-state index contributed by atoms with van der Waals surface area (Å²) in [6.07, 6.45) is 3.13. The molecule has 0 amide bonds. The van der Waals surface area contributed by atoms with Crippen molar-refractivity contribution >= 4 is 58.0 Å². The summed E-state index contributed by atoms with van der Waals surface area (Å²) < 4.78 is 0.594. The van der Waals surface area contributed by atoms with E-state index in [1.165, 1.54) is 17.4 Å². The second-order valence-electron chi connectivity index (χ2n) is 3.47. The maximum absolute atomic E-state index is 11.8. The van der Waals surface area contributed by atoms with Crippen molar-refractivity contribution in [2.75, 3.05) is 0 Å². The Hall–Kier alpha value is -0.800. The summed E-state index contributed by atoms with van der Waals surface area (Å²) in [5.41, 5.74) is 0.747. The van der Waals surface area contributed by atoms with Crippen molar-refractivity contribution in [1.82, 2.24) is 0 Å². The third kappa shape index (κ3) is 3.36. The Morgan fingerprint density at radius 1 is 1.11 bits per heavy atom. The third-order valence-electron chi connectivity index (χ3n) is 2.19. The molecule has 0 aliphatic heterocycles. The Bertz CT molecular complexity index is 616. The Morgan fingerprint density at radius 3 is 2.50 bits per heavy atom. The summed E-state index contributed by atoms with van der Waals surface area (Å²) in [5.74, 6) is -0.0992. The van der Waals surface area contributed by atoms with Crippen LogP contribution in [-0.4, -0.2) is 5.78 Å². The number of benzene rings is 1. The molecule has 1 aromatic heterocycles. The summed E-state index contributed by atoms with van der Waals surface area (Å²) in [4.78, 5) is 12.4. The number of carbonyl (C=O) groups excluding carboxylic acids is 1. The van der Waals surface area contributed by atoms with Crippen molar-refractivity contribution in [3.05, 3.63) is 61.2 Å². The molecular formula is C13H7Cl3OS. The second kappa shape index (κ2) is 5.89. The van der Waals surface area contributed by atoms with Gasteiger partial charge in [0, 0.05) is 10.0 Å². The van der Waals surface area contributed by atoms with Gasteiger partial charge < -0.3 is 0 Å². The van der Waals surface area contributed by atoms with Gasteiger partial charge in [0.25, 0.3) is 0 Å². The highest BCUT2D eigenvalue weighted by atomic mass is 35.5. The molecule has 0 N–H and O–H groups in total. The van der Waals surface area contributed by atoms with Crippen LogP contribution in [0.15, 0.2) is 36.4 Å². The molecule has 0 unspecified atom stereocenters.